The lowest BCUT2D eigenvalue weighted by atomic mass is 10.0. The van der Waals surface area contributed by atoms with Gasteiger partial charge in [0, 0.05) is 24.3 Å². The Bertz CT molecular complexity index is 1210. The number of H-pyrrole nitrogens is 1. The molecule has 7 nitrogen and oxygen atoms in total. The van der Waals surface area contributed by atoms with Crippen LogP contribution in [0.4, 0.5) is 5.69 Å². The van der Waals surface area contributed by atoms with Crippen LogP contribution in [0, 0.1) is 0 Å². The summed E-state index contributed by atoms with van der Waals surface area (Å²) in [6, 6.07) is 11.4. The minimum atomic E-state index is -3.31. The Hall–Kier alpha value is -3.26. The molecule has 136 valence electrons. The number of anilines is 1. The molecule has 0 spiro atoms. The topological polar surface area (TPSA) is 109 Å². The van der Waals surface area contributed by atoms with E-state index < -0.39 is 9.84 Å². The molecular weight excluding hydrogens is 366 g/mol. The highest BCUT2D eigenvalue weighted by Gasteiger charge is 2.34. The van der Waals surface area contributed by atoms with Crippen LogP contribution < -0.4 is 5.32 Å². The number of hydrogen-bond acceptors (Lipinski definition) is 5. The number of amides is 1. The Morgan fingerprint density at radius 1 is 1.07 bits per heavy atom. The van der Waals surface area contributed by atoms with Crippen LogP contribution >= 0.6 is 0 Å². The van der Waals surface area contributed by atoms with Gasteiger partial charge in [-0.15, -0.1) is 0 Å². The first-order valence-corrected chi connectivity index (χ1v) is 10.0. The van der Waals surface area contributed by atoms with E-state index in [2.05, 4.69) is 15.5 Å². The molecule has 1 aliphatic rings. The Balaban J connectivity index is 1.82. The van der Waals surface area contributed by atoms with Crippen molar-refractivity contribution in [2.75, 3.05) is 11.6 Å². The molecule has 27 heavy (non-hydrogen) atoms. The summed E-state index contributed by atoms with van der Waals surface area (Å²) in [6.45, 7) is 1.38. The van der Waals surface area contributed by atoms with Crippen LogP contribution in [0.2, 0.25) is 0 Å². The third kappa shape index (κ3) is 2.74. The monoisotopic (exact) mass is 381 g/mol. The molecule has 0 bridgehead atoms. The number of rotatable bonds is 3. The molecule has 1 aliphatic carbocycles. The quantitative estimate of drug-likeness (QED) is 0.567. The highest BCUT2D eigenvalue weighted by Crippen LogP contribution is 2.42. The fraction of sp³-hybridized carbons (Fsp3) is 0.105. The molecule has 0 saturated heterocycles. The van der Waals surface area contributed by atoms with E-state index in [0.717, 1.165) is 6.26 Å². The maximum absolute atomic E-state index is 13.1. The standard InChI is InChI=1S/C19H15N3O4S/c1-10(23)20-14-5-3-4-13-15(14)19(24)16-17(21-22-18(13)16)11-6-8-12(9-7-11)27(2,25)26/h3-9H,1-2H3,(H,20,23)(H,21,22). The van der Waals surface area contributed by atoms with Crippen molar-refractivity contribution in [3.63, 3.8) is 0 Å². The van der Waals surface area contributed by atoms with Gasteiger partial charge in [0.1, 0.15) is 5.69 Å². The predicted octanol–water partition coefficient (Wildman–Crippen LogP) is 2.65. The van der Waals surface area contributed by atoms with E-state index in [1.807, 2.05) is 0 Å². The number of hydrogen-bond donors (Lipinski definition) is 2. The first-order valence-electron chi connectivity index (χ1n) is 8.12. The van der Waals surface area contributed by atoms with Crippen molar-refractivity contribution in [1.29, 1.82) is 0 Å². The van der Waals surface area contributed by atoms with Gasteiger partial charge >= 0.3 is 0 Å². The van der Waals surface area contributed by atoms with Crippen molar-refractivity contribution in [3.05, 3.63) is 53.6 Å². The summed E-state index contributed by atoms with van der Waals surface area (Å²) >= 11 is 0. The van der Waals surface area contributed by atoms with Crippen LogP contribution in [0.25, 0.3) is 22.5 Å². The number of carbonyl (C=O) groups is 2. The molecule has 1 heterocycles. The zero-order chi connectivity index (χ0) is 19.3. The maximum Gasteiger partial charge on any atom is 0.221 e. The number of nitrogens with one attached hydrogen (secondary N) is 2. The lowest BCUT2D eigenvalue weighted by Gasteiger charge is -2.08. The molecule has 0 fully saturated rings. The molecule has 4 rings (SSSR count). The Labute approximate surface area is 155 Å². The predicted molar refractivity (Wildman–Crippen MR) is 100 cm³/mol. The van der Waals surface area contributed by atoms with Gasteiger partial charge in [-0.05, 0) is 18.2 Å². The smallest absolute Gasteiger partial charge is 0.221 e. The molecule has 0 unspecified atom stereocenters. The van der Waals surface area contributed by atoms with Gasteiger partial charge in [-0.2, -0.15) is 5.10 Å². The number of ketones is 1. The summed E-state index contributed by atoms with van der Waals surface area (Å²) < 4.78 is 23.3. The largest absolute Gasteiger partial charge is 0.326 e. The fourth-order valence-electron chi connectivity index (χ4n) is 3.25. The van der Waals surface area contributed by atoms with Gasteiger partial charge in [-0.25, -0.2) is 8.42 Å². The van der Waals surface area contributed by atoms with E-state index >= 15 is 0 Å². The Morgan fingerprint density at radius 2 is 1.78 bits per heavy atom. The number of aromatic amines is 1. The van der Waals surface area contributed by atoms with Gasteiger partial charge < -0.3 is 5.32 Å². The van der Waals surface area contributed by atoms with Crippen molar-refractivity contribution in [3.8, 4) is 22.5 Å². The van der Waals surface area contributed by atoms with Crippen molar-refractivity contribution >= 4 is 27.2 Å². The van der Waals surface area contributed by atoms with Gasteiger partial charge in [0.15, 0.2) is 15.6 Å². The van der Waals surface area contributed by atoms with Crippen molar-refractivity contribution < 1.29 is 18.0 Å². The number of carbonyl (C=O) groups excluding carboxylic acids is 2. The highest BCUT2D eigenvalue weighted by molar-refractivity contribution is 7.90. The molecule has 2 N–H and O–H groups in total. The van der Waals surface area contributed by atoms with Crippen molar-refractivity contribution in [1.82, 2.24) is 10.2 Å². The second-order valence-corrected chi connectivity index (χ2v) is 8.37. The molecular formula is C19H15N3O4S. The van der Waals surface area contributed by atoms with E-state index in [1.165, 1.54) is 19.1 Å². The van der Waals surface area contributed by atoms with Crippen LogP contribution in [0.15, 0.2) is 47.4 Å². The minimum Gasteiger partial charge on any atom is -0.326 e. The number of sulfone groups is 1. The van der Waals surface area contributed by atoms with E-state index in [9.17, 15) is 18.0 Å². The van der Waals surface area contributed by atoms with Crippen LogP contribution in [0.5, 0.6) is 0 Å². The number of aromatic nitrogens is 2. The maximum atomic E-state index is 13.1. The second-order valence-electron chi connectivity index (χ2n) is 6.36. The van der Waals surface area contributed by atoms with E-state index in [-0.39, 0.29) is 16.6 Å². The van der Waals surface area contributed by atoms with Gasteiger partial charge in [-0.3, -0.25) is 14.7 Å². The van der Waals surface area contributed by atoms with Gasteiger partial charge in [-0.1, -0.05) is 24.3 Å². The zero-order valence-electron chi connectivity index (χ0n) is 14.5. The fourth-order valence-corrected chi connectivity index (χ4v) is 3.88. The molecule has 2 aromatic carbocycles. The number of nitrogens with zero attached hydrogens (tertiary/aromatic N) is 1. The molecule has 8 heteroatoms. The Morgan fingerprint density at radius 3 is 2.41 bits per heavy atom. The summed E-state index contributed by atoms with van der Waals surface area (Å²) in [6.07, 6.45) is 1.14. The lowest BCUT2D eigenvalue weighted by molar-refractivity contribution is -0.114. The summed E-state index contributed by atoms with van der Waals surface area (Å²) in [7, 11) is -3.31. The molecule has 0 saturated carbocycles. The average Bonchev–Trinajstić information content (AvgIpc) is 3.15. The Kier molecular flexibility index (Phi) is 3.74. The number of benzene rings is 2. The average molecular weight is 381 g/mol. The molecule has 0 aliphatic heterocycles. The summed E-state index contributed by atoms with van der Waals surface area (Å²) in [5.41, 5.74) is 3.62. The highest BCUT2D eigenvalue weighted by atomic mass is 32.2. The van der Waals surface area contributed by atoms with Gasteiger partial charge in [0.25, 0.3) is 0 Å². The molecule has 0 atom stereocenters. The minimum absolute atomic E-state index is 0.195. The lowest BCUT2D eigenvalue weighted by Crippen LogP contribution is -2.10. The SMILES string of the molecule is CC(=O)Nc1cccc2c1C(=O)c1c(-c3ccc(S(C)(=O)=O)cc3)n[nH]c1-2. The summed E-state index contributed by atoms with van der Waals surface area (Å²) in [5.74, 6) is -0.498. The molecule has 1 amide bonds. The molecule has 3 aromatic rings. The summed E-state index contributed by atoms with van der Waals surface area (Å²) in [5, 5.41) is 9.83. The van der Waals surface area contributed by atoms with Crippen LogP contribution in [0.3, 0.4) is 0 Å². The van der Waals surface area contributed by atoms with E-state index in [0.29, 0.717) is 39.3 Å². The third-order valence-corrected chi connectivity index (χ3v) is 5.55. The van der Waals surface area contributed by atoms with Crippen molar-refractivity contribution in [2.45, 2.75) is 11.8 Å². The zero-order valence-corrected chi connectivity index (χ0v) is 15.3. The van der Waals surface area contributed by atoms with E-state index in [4.69, 9.17) is 0 Å². The van der Waals surface area contributed by atoms with Crippen LogP contribution in [-0.2, 0) is 14.6 Å². The van der Waals surface area contributed by atoms with Crippen LogP contribution in [0.1, 0.15) is 22.8 Å². The third-order valence-electron chi connectivity index (χ3n) is 4.42. The first kappa shape index (κ1) is 17.2. The summed E-state index contributed by atoms with van der Waals surface area (Å²) in [4.78, 5) is 24.7. The van der Waals surface area contributed by atoms with Gasteiger partial charge in [0.05, 0.1) is 27.4 Å². The van der Waals surface area contributed by atoms with Gasteiger partial charge in [0.2, 0.25) is 5.91 Å². The van der Waals surface area contributed by atoms with E-state index in [1.54, 1.807) is 30.3 Å². The first-order chi connectivity index (χ1) is 12.8. The molecule has 0 radical (unpaired) electrons. The second kappa shape index (κ2) is 5.88. The number of fused-ring (bicyclic) bond motifs is 3. The normalized spacial score (nSPS) is 12.6. The van der Waals surface area contributed by atoms with Crippen LogP contribution in [-0.4, -0.2) is 36.6 Å². The molecule has 1 aromatic heterocycles. The van der Waals surface area contributed by atoms with Crippen molar-refractivity contribution in [2.24, 2.45) is 0 Å².